The molecular formula is C11H17NO4S3. The third kappa shape index (κ3) is 5.13. The average molecular weight is 323 g/mol. The first-order valence-corrected chi connectivity index (χ1v) is 9.04. The predicted octanol–water partition coefficient (Wildman–Crippen LogP) is 1.80. The molecule has 0 fully saturated rings. The molecule has 108 valence electrons. The molecule has 0 atom stereocenters. The lowest BCUT2D eigenvalue weighted by atomic mass is 10.2. The van der Waals surface area contributed by atoms with Crippen molar-refractivity contribution in [1.82, 2.24) is 4.72 Å². The van der Waals surface area contributed by atoms with Crippen molar-refractivity contribution in [3.63, 3.8) is 0 Å². The minimum Gasteiger partial charge on any atom is -0.481 e. The summed E-state index contributed by atoms with van der Waals surface area (Å²) >= 11 is 2.56. The van der Waals surface area contributed by atoms with Gasteiger partial charge in [-0.15, -0.1) is 11.3 Å². The maximum atomic E-state index is 12.0. The SMILES string of the molecule is CSC(C)(C)CNS(=O)(=O)c1ccc(CC(=O)O)s1. The van der Waals surface area contributed by atoms with Crippen molar-refractivity contribution in [2.24, 2.45) is 0 Å². The van der Waals surface area contributed by atoms with Gasteiger partial charge in [0.1, 0.15) is 4.21 Å². The highest BCUT2D eigenvalue weighted by molar-refractivity contribution is 8.00. The smallest absolute Gasteiger partial charge is 0.308 e. The fourth-order valence-electron chi connectivity index (χ4n) is 1.16. The van der Waals surface area contributed by atoms with Crippen molar-refractivity contribution in [3.05, 3.63) is 17.0 Å². The topological polar surface area (TPSA) is 83.5 Å². The monoisotopic (exact) mass is 323 g/mol. The highest BCUT2D eigenvalue weighted by Crippen LogP contribution is 2.24. The Kier molecular flexibility index (Phi) is 5.43. The van der Waals surface area contributed by atoms with E-state index in [4.69, 9.17) is 5.11 Å². The van der Waals surface area contributed by atoms with Crippen LogP contribution in [-0.2, 0) is 21.2 Å². The second kappa shape index (κ2) is 6.25. The van der Waals surface area contributed by atoms with Gasteiger partial charge in [0.2, 0.25) is 10.0 Å². The Morgan fingerprint density at radius 3 is 2.63 bits per heavy atom. The van der Waals surface area contributed by atoms with Gasteiger partial charge in [-0.25, -0.2) is 13.1 Å². The molecule has 1 heterocycles. The molecule has 0 amide bonds. The molecular weight excluding hydrogens is 306 g/mol. The van der Waals surface area contributed by atoms with E-state index in [0.717, 1.165) is 11.3 Å². The minimum atomic E-state index is -3.56. The number of hydrogen-bond acceptors (Lipinski definition) is 5. The second-order valence-corrected chi connectivity index (χ2v) is 9.26. The molecule has 0 aliphatic carbocycles. The van der Waals surface area contributed by atoms with Gasteiger partial charge in [-0.05, 0) is 32.2 Å². The van der Waals surface area contributed by atoms with Crippen molar-refractivity contribution < 1.29 is 18.3 Å². The van der Waals surface area contributed by atoms with Crippen LogP contribution in [0.4, 0.5) is 0 Å². The van der Waals surface area contributed by atoms with Gasteiger partial charge in [0.25, 0.3) is 0 Å². The third-order valence-electron chi connectivity index (χ3n) is 2.47. The summed E-state index contributed by atoms with van der Waals surface area (Å²) in [6.07, 6.45) is 1.76. The maximum absolute atomic E-state index is 12.0. The summed E-state index contributed by atoms with van der Waals surface area (Å²) in [6.45, 7) is 4.22. The van der Waals surface area contributed by atoms with Crippen LogP contribution in [0.5, 0.6) is 0 Å². The number of hydrogen-bond donors (Lipinski definition) is 2. The molecule has 1 rings (SSSR count). The largest absolute Gasteiger partial charge is 0.481 e. The Morgan fingerprint density at radius 2 is 2.11 bits per heavy atom. The van der Waals surface area contributed by atoms with Crippen LogP contribution in [0.15, 0.2) is 16.3 Å². The van der Waals surface area contributed by atoms with Gasteiger partial charge in [-0.1, -0.05) is 0 Å². The lowest BCUT2D eigenvalue weighted by Gasteiger charge is -2.21. The number of sulfonamides is 1. The molecule has 0 saturated carbocycles. The highest BCUT2D eigenvalue weighted by Gasteiger charge is 2.22. The van der Waals surface area contributed by atoms with Gasteiger partial charge in [0, 0.05) is 16.2 Å². The molecule has 0 aliphatic heterocycles. The van der Waals surface area contributed by atoms with Gasteiger partial charge in [-0.2, -0.15) is 11.8 Å². The molecule has 0 saturated heterocycles. The Hall–Kier alpha value is -0.570. The molecule has 0 spiro atoms. The molecule has 1 aromatic rings. The summed E-state index contributed by atoms with van der Waals surface area (Å²) in [4.78, 5) is 11.1. The molecule has 5 nitrogen and oxygen atoms in total. The minimum absolute atomic E-state index is 0.153. The fraction of sp³-hybridized carbons (Fsp3) is 0.545. The Balaban J connectivity index is 2.78. The van der Waals surface area contributed by atoms with Crippen molar-refractivity contribution in [2.75, 3.05) is 12.8 Å². The summed E-state index contributed by atoms with van der Waals surface area (Å²) in [5.74, 6) is -0.970. The predicted molar refractivity (Wildman–Crippen MR) is 78.4 cm³/mol. The second-order valence-electron chi connectivity index (χ2n) is 4.58. The summed E-state index contributed by atoms with van der Waals surface area (Å²) in [5, 5.41) is 8.66. The quantitative estimate of drug-likeness (QED) is 0.799. The molecule has 19 heavy (non-hydrogen) atoms. The molecule has 0 radical (unpaired) electrons. The van der Waals surface area contributed by atoms with E-state index in [1.165, 1.54) is 12.1 Å². The summed E-state index contributed by atoms with van der Waals surface area (Å²) < 4.78 is 26.6. The molecule has 0 aliphatic rings. The van der Waals surface area contributed by atoms with E-state index < -0.39 is 16.0 Å². The summed E-state index contributed by atoms with van der Waals surface area (Å²) in [6, 6.07) is 2.98. The number of thiophene rings is 1. The van der Waals surface area contributed by atoms with Gasteiger partial charge >= 0.3 is 5.97 Å². The van der Waals surface area contributed by atoms with Crippen LogP contribution >= 0.6 is 23.1 Å². The number of thioether (sulfide) groups is 1. The van der Waals surface area contributed by atoms with Crippen molar-refractivity contribution in [3.8, 4) is 0 Å². The van der Waals surface area contributed by atoms with Gasteiger partial charge in [-0.3, -0.25) is 4.79 Å². The third-order valence-corrected chi connectivity index (χ3v) is 6.70. The zero-order valence-electron chi connectivity index (χ0n) is 11.0. The van der Waals surface area contributed by atoms with Crippen LogP contribution in [0, 0.1) is 0 Å². The Bertz CT molecular complexity index is 548. The van der Waals surface area contributed by atoms with Gasteiger partial charge < -0.3 is 5.11 Å². The molecule has 2 N–H and O–H groups in total. The number of aliphatic carboxylic acids is 1. The summed E-state index contributed by atoms with van der Waals surface area (Å²) in [5.41, 5.74) is 0. The van der Waals surface area contributed by atoms with E-state index in [1.807, 2.05) is 20.1 Å². The first-order chi connectivity index (χ1) is 8.66. The molecule has 1 aromatic heterocycles. The highest BCUT2D eigenvalue weighted by atomic mass is 32.2. The first kappa shape index (κ1) is 16.5. The molecule has 0 aromatic carbocycles. The fourth-order valence-corrected chi connectivity index (χ4v) is 4.07. The van der Waals surface area contributed by atoms with E-state index in [1.54, 1.807) is 11.8 Å². The van der Waals surface area contributed by atoms with Crippen LogP contribution < -0.4 is 4.72 Å². The molecule has 0 unspecified atom stereocenters. The average Bonchev–Trinajstić information content (AvgIpc) is 2.75. The molecule has 8 heteroatoms. The number of carboxylic acid groups (broad SMARTS) is 1. The molecule has 0 bridgehead atoms. The van der Waals surface area contributed by atoms with Gasteiger partial charge in [0.05, 0.1) is 6.42 Å². The number of nitrogens with one attached hydrogen (secondary N) is 1. The standard InChI is InChI=1S/C11H17NO4S3/c1-11(2,17-3)7-12-19(15,16)10-5-4-8(18-10)6-9(13)14/h4-5,12H,6-7H2,1-3H3,(H,13,14). The van der Waals surface area contributed by atoms with Crippen molar-refractivity contribution in [1.29, 1.82) is 0 Å². The zero-order valence-corrected chi connectivity index (χ0v) is 13.4. The van der Waals surface area contributed by atoms with E-state index in [2.05, 4.69) is 4.72 Å². The Labute approximate surface area is 121 Å². The van der Waals surface area contributed by atoms with Crippen LogP contribution in [0.2, 0.25) is 0 Å². The number of carboxylic acids is 1. The lowest BCUT2D eigenvalue weighted by Crippen LogP contribution is -2.35. The van der Waals surface area contributed by atoms with Gasteiger partial charge in [0.15, 0.2) is 0 Å². The van der Waals surface area contributed by atoms with E-state index in [0.29, 0.717) is 11.4 Å². The van der Waals surface area contributed by atoms with E-state index >= 15 is 0 Å². The maximum Gasteiger partial charge on any atom is 0.308 e. The number of carbonyl (C=O) groups is 1. The lowest BCUT2D eigenvalue weighted by molar-refractivity contribution is -0.136. The van der Waals surface area contributed by atoms with E-state index in [9.17, 15) is 13.2 Å². The normalized spacial score (nSPS) is 12.6. The van der Waals surface area contributed by atoms with Crippen LogP contribution in [0.1, 0.15) is 18.7 Å². The Morgan fingerprint density at radius 1 is 1.47 bits per heavy atom. The van der Waals surface area contributed by atoms with Crippen LogP contribution in [0.3, 0.4) is 0 Å². The summed E-state index contributed by atoms with van der Waals surface area (Å²) in [7, 11) is -3.56. The zero-order chi connectivity index (χ0) is 14.7. The first-order valence-electron chi connectivity index (χ1n) is 5.51. The van der Waals surface area contributed by atoms with E-state index in [-0.39, 0.29) is 15.4 Å². The van der Waals surface area contributed by atoms with Crippen molar-refractivity contribution >= 4 is 39.1 Å². The van der Waals surface area contributed by atoms with Crippen molar-refractivity contribution in [2.45, 2.75) is 29.2 Å². The van der Waals surface area contributed by atoms with Crippen LogP contribution in [-0.4, -0.2) is 37.0 Å². The van der Waals surface area contributed by atoms with Crippen LogP contribution in [0.25, 0.3) is 0 Å². The number of rotatable bonds is 7.